The van der Waals surface area contributed by atoms with Gasteiger partial charge in [-0.3, -0.25) is 9.69 Å². The van der Waals surface area contributed by atoms with E-state index < -0.39 is 6.03 Å². The van der Waals surface area contributed by atoms with Crippen LogP contribution in [-0.2, 0) is 17.9 Å². The molecule has 0 radical (unpaired) electrons. The topological polar surface area (TPSA) is 58.6 Å². The lowest BCUT2D eigenvalue weighted by molar-refractivity contribution is -0.123. The summed E-state index contributed by atoms with van der Waals surface area (Å²) in [7, 11) is 0. The summed E-state index contributed by atoms with van der Waals surface area (Å²) in [5.41, 5.74) is 4.08. The molecule has 0 saturated carbocycles. The molecule has 4 aromatic rings. The van der Waals surface area contributed by atoms with E-state index in [9.17, 15) is 9.59 Å². The number of fused-ring (bicyclic) bond motifs is 1. The Morgan fingerprint density at radius 1 is 0.886 bits per heavy atom. The van der Waals surface area contributed by atoms with Gasteiger partial charge in [0.1, 0.15) is 18.1 Å². The normalized spacial score (nSPS) is 14.6. The fourth-order valence-electron chi connectivity index (χ4n) is 4.03. The van der Waals surface area contributed by atoms with Gasteiger partial charge in [0, 0.05) is 10.0 Å². The highest BCUT2D eigenvalue weighted by Gasteiger charge is 2.33. The van der Waals surface area contributed by atoms with Crippen molar-refractivity contribution in [2.75, 3.05) is 0 Å². The van der Waals surface area contributed by atoms with Gasteiger partial charge < -0.3 is 10.1 Å². The molecule has 1 aliphatic heterocycles. The first-order valence-electron chi connectivity index (χ1n) is 11.3. The van der Waals surface area contributed by atoms with Crippen LogP contribution in [-0.4, -0.2) is 16.8 Å². The third kappa shape index (κ3) is 4.98. The summed E-state index contributed by atoms with van der Waals surface area (Å²) >= 11 is 3.40. The second kappa shape index (κ2) is 9.76. The van der Waals surface area contributed by atoms with Gasteiger partial charge in [-0.25, -0.2) is 4.79 Å². The number of ether oxygens (including phenoxy) is 1. The third-order valence-corrected chi connectivity index (χ3v) is 6.48. The third-order valence-electron chi connectivity index (χ3n) is 5.95. The first kappa shape index (κ1) is 22.9. The number of hydrogen-bond donors (Lipinski definition) is 1. The molecule has 4 aromatic carbocycles. The maximum atomic E-state index is 13.2. The number of hydrogen-bond acceptors (Lipinski definition) is 3. The van der Waals surface area contributed by atoms with E-state index in [0.717, 1.165) is 31.9 Å². The molecule has 174 valence electrons. The number of benzene rings is 4. The summed E-state index contributed by atoms with van der Waals surface area (Å²) in [4.78, 5) is 27.0. The van der Waals surface area contributed by atoms with Crippen molar-refractivity contribution in [3.05, 3.63) is 117 Å². The zero-order chi connectivity index (χ0) is 24.4. The number of rotatable bonds is 6. The molecule has 0 spiro atoms. The number of carbonyl (C=O) groups is 2. The van der Waals surface area contributed by atoms with Gasteiger partial charge in [-0.1, -0.05) is 88.2 Å². The highest BCUT2D eigenvalue weighted by atomic mass is 79.9. The van der Waals surface area contributed by atoms with Crippen LogP contribution in [0.5, 0.6) is 5.75 Å². The molecule has 0 atom stereocenters. The van der Waals surface area contributed by atoms with E-state index in [1.807, 2.05) is 79.7 Å². The highest BCUT2D eigenvalue weighted by molar-refractivity contribution is 9.10. The standard InChI is InChI=1S/C29H23BrN2O3/c1-19-6-8-21(9-7-19)18-35-27-15-12-22-4-2-3-5-24(22)25(27)16-26-28(33)32(29(34)31-26)17-20-10-13-23(30)14-11-20/h2-16H,17-18H2,1H3,(H,31,34)/b26-16+. The van der Waals surface area contributed by atoms with Gasteiger partial charge in [0.25, 0.3) is 5.91 Å². The van der Waals surface area contributed by atoms with Crippen molar-refractivity contribution in [3.8, 4) is 5.75 Å². The fourth-order valence-corrected chi connectivity index (χ4v) is 4.29. The van der Waals surface area contributed by atoms with Crippen LogP contribution >= 0.6 is 15.9 Å². The quantitative estimate of drug-likeness (QED) is 0.228. The number of urea groups is 1. The molecule has 6 heteroatoms. The zero-order valence-electron chi connectivity index (χ0n) is 19.1. The van der Waals surface area contributed by atoms with E-state index in [1.165, 1.54) is 10.5 Å². The number of imide groups is 1. The maximum Gasteiger partial charge on any atom is 0.329 e. The molecular formula is C29H23BrN2O3. The largest absolute Gasteiger partial charge is 0.488 e. The number of nitrogens with zero attached hydrogens (tertiary/aromatic N) is 1. The molecule has 1 saturated heterocycles. The Kier molecular flexibility index (Phi) is 6.38. The average Bonchev–Trinajstić information content (AvgIpc) is 3.13. The van der Waals surface area contributed by atoms with Gasteiger partial charge in [-0.2, -0.15) is 0 Å². The number of amides is 3. The molecule has 1 fully saturated rings. The molecule has 0 bridgehead atoms. The SMILES string of the molecule is Cc1ccc(COc2ccc3ccccc3c2/C=C2/NC(=O)N(Cc3ccc(Br)cc3)C2=O)cc1. The lowest BCUT2D eigenvalue weighted by Crippen LogP contribution is -2.30. The van der Waals surface area contributed by atoms with E-state index in [0.29, 0.717) is 12.4 Å². The van der Waals surface area contributed by atoms with Crippen molar-refractivity contribution < 1.29 is 14.3 Å². The Bertz CT molecular complexity index is 1440. The van der Waals surface area contributed by atoms with Crippen LogP contribution in [0.25, 0.3) is 16.8 Å². The van der Waals surface area contributed by atoms with Gasteiger partial charge in [0.2, 0.25) is 0 Å². The summed E-state index contributed by atoms with van der Waals surface area (Å²) in [6.07, 6.45) is 1.72. The van der Waals surface area contributed by atoms with Crippen LogP contribution in [0.1, 0.15) is 22.3 Å². The van der Waals surface area contributed by atoms with Crippen LogP contribution in [0.3, 0.4) is 0 Å². The molecule has 0 aromatic heterocycles. The highest BCUT2D eigenvalue weighted by Crippen LogP contribution is 2.32. The summed E-state index contributed by atoms with van der Waals surface area (Å²) < 4.78 is 7.13. The monoisotopic (exact) mass is 526 g/mol. The van der Waals surface area contributed by atoms with Crippen molar-refractivity contribution in [1.82, 2.24) is 10.2 Å². The molecular weight excluding hydrogens is 504 g/mol. The van der Waals surface area contributed by atoms with Crippen LogP contribution < -0.4 is 10.1 Å². The lowest BCUT2D eigenvalue weighted by Gasteiger charge is -2.13. The van der Waals surface area contributed by atoms with Crippen LogP contribution in [0, 0.1) is 6.92 Å². The number of nitrogens with one attached hydrogen (secondary N) is 1. The Morgan fingerprint density at radius 2 is 1.60 bits per heavy atom. The molecule has 3 amide bonds. The molecule has 5 nitrogen and oxygen atoms in total. The van der Waals surface area contributed by atoms with Crippen LogP contribution in [0.4, 0.5) is 4.79 Å². The molecule has 1 heterocycles. The van der Waals surface area contributed by atoms with Crippen molar-refractivity contribution in [2.45, 2.75) is 20.1 Å². The van der Waals surface area contributed by atoms with Crippen molar-refractivity contribution in [3.63, 3.8) is 0 Å². The smallest absolute Gasteiger partial charge is 0.329 e. The van der Waals surface area contributed by atoms with E-state index in [2.05, 4.69) is 33.4 Å². The van der Waals surface area contributed by atoms with Gasteiger partial charge >= 0.3 is 6.03 Å². The predicted molar refractivity (Wildman–Crippen MR) is 141 cm³/mol. The summed E-state index contributed by atoms with van der Waals surface area (Å²) in [5.74, 6) is 0.278. The Balaban J connectivity index is 1.46. The van der Waals surface area contributed by atoms with Gasteiger partial charge in [-0.05, 0) is 53.1 Å². The van der Waals surface area contributed by atoms with Crippen LogP contribution in [0.2, 0.25) is 0 Å². The molecule has 5 rings (SSSR count). The number of carbonyl (C=O) groups excluding carboxylic acids is 2. The van der Waals surface area contributed by atoms with E-state index in [1.54, 1.807) is 6.08 Å². The average molecular weight is 527 g/mol. The second-order valence-corrected chi connectivity index (χ2v) is 9.39. The zero-order valence-corrected chi connectivity index (χ0v) is 20.7. The van der Waals surface area contributed by atoms with Gasteiger partial charge in [-0.15, -0.1) is 0 Å². The van der Waals surface area contributed by atoms with Crippen molar-refractivity contribution in [2.24, 2.45) is 0 Å². The van der Waals surface area contributed by atoms with Gasteiger partial charge in [0.15, 0.2) is 0 Å². The molecule has 1 aliphatic rings. The minimum atomic E-state index is -0.438. The minimum Gasteiger partial charge on any atom is -0.488 e. The van der Waals surface area contributed by atoms with Crippen LogP contribution in [0.15, 0.2) is 95.1 Å². The van der Waals surface area contributed by atoms with Crippen molar-refractivity contribution >= 4 is 44.7 Å². The first-order valence-corrected chi connectivity index (χ1v) is 12.1. The Hall–Kier alpha value is -3.90. The van der Waals surface area contributed by atoms with E-state index >= 15 is 0 Å². The summed E-state index contributed by atoms with van der Waals surface area (Å²) in [6, 6.07) is 27.1. The summed E-state index contributed by atoms with van der Waals surface area (Å²) in [6.45, 7) is 2.64. The Morgan fingerprint density at radius 3 is 2.37 bits per heavy atom. The second-order valence-electron chi connectivity index (χ2n) is 8.48. The summed E-state index contributed by atoms with van der Waals surface area (Å²) in [5, 5.41) is 4.70. The maximum absolute atomic E-state index is 13.2. The van der Waals surface area contributed by atoms with Gasteiger partial charge in [0.05, 0.1) is 6.54 Å². The fraction of sp³-hybridized carbons (Fsp3) is 0.103. The Labute approximate surface area is 212 Å². The molecule has 1 N–H and O–H groups in total. The first-order chi connectivity index (χ1) is 17.0. The molecule has 35 heavy (non-hydrogen) atoms. The van der Waals surface area contributed by atoms with Crippen molar-refractivity contribution in [1.29, 1.82) is 0 Å². The van der Waals surface area contributed by atoms with E-state index in [-0.39, 0.29) is 18.1 Å². The lowest BCUT2D eigenvalue weighted by atomic mass is 10.0. The molecule has 0 unspecified atom stereocenters. The van der Waals surface area contributed by atoms with E-state index in [4.69, 9.17) is 4.74 Å². The predicted octanol–water partition coefficient (Wildman–Crippen LogP) is 6.58. The number of aryl methyl sites for hydroxylation is 1. The minimum absolute atomic E-state index is 0.196. The number of halogens is 1. The molecule has 0 aliphatic carbocycles.